The van der Waals surface area contributed by atoms with E-state index >= 15 is 0 Å². The van der Waals surface area contributed by atoms with E-state index in [0.717, 1.165) is 10.0 Å². The van der Waals surface area contributed by atoms with E-state index in [1.54, 1.807) is 18.2 Å². The van der Waals surface area contributed by atoms with Crippen LogP contribution in [0.5, 0.6) is 0 Å². The van der Waals surface area contributed by atoms with Gasteiger partial charge in [-0.3, -0.25) is 9.59 Å². The number of hydrogen-bond acceptors (Lipinski definition) is 2. The van der Waals surface area contributed by atoms with Crippen LogP contribution in [0.25, 0.3) is 0 Å². The Balaban J connectivity index is 2.05. The Labute approximate surface area is 152 Å². The molecule has 2 aromatic rings. The first-order chi connectivity index (χ1) is 11.3. The van der Waals surface area contributed by atoms with Crippen molar-refractivity contribution in [1.29, 1.82) is 0 Å². The van der Waals surface area contributed by atoms with Gasteiger partial charge in [0, 0.05) is 15.9 Å². The third-order valence-corrected chi connectivity index (χ3v) is 4.40. The summed E-state index contributed by atoms with van der Waals surface area (Å²) in [6, 6.07) is 9.89. The molecule has 4 nitrogen and oxygen atoms in total. The summed E-state index contributed by atoms with van der Waals surface area (Å²) in [5, 5.41) is 3.13. The summed E-state index contributed by atoms with van der Waals surface area (Å²) in [6.45, 7) is 0. The molecule has 0 spiro atoms. The van der Waals surface area contributed by atoms with Crippen molar-refractivity contribution < 1.29 is 14.0 Å². The van der Waals surface area contributed by atoms with Gasteiger partial charge in [-0.05, 0) is 41.5 Å². The summed E-state index contributed by atoms with van der Waals surface area (Å²) >= 11 is 9.33. The Bertz CT molecular complexity index is 753. The Morgan fingerprint density at radius 2 is 1.88 bits per heavy atom. The molecular weight excluding hydrogens is 399 g/mol. The number of hydrogen-bond donors (Lipinski definition) is 2. The maximum atomic E-state index is 12.9. The Hall–Kier alpha value is -1.92. The van der Waals surface area contributed by atoms with Crippen molar-refractivity contribution in [3.05, 3.63) is 68.9 Å². The minimum absolute atomic E-state index is 0.0285. The number of halogens is 3. The monoisotopic (exact) mass is 412 g/mol. The predicted molar refractivity (Wildman–Crippen MR) is 94.1 cm³/mol. The summed E-state index contributed by atoms with van der Waals surface area (Å²) in [7, 11) is 0. The number of nitrogens with one attached hydrogen (secondary N) is 1. The number of primary amides is 1. The topological polar surface area (TPSA) is 72.2 Å². The number of nitrogens with two attached hydrogens (primary N) is 1. The van der Waals surface area contributed by atoms with Crippen LogP contribution < -0.4 is 11.1 Å². The fourth-order valence-corrected chi connectivity index (χ4v) is 2.78. The zero-order chi connectivity index (χ0) is 17.7. The molecule has 2 amide bonds. The molecule has 24 heavy (non-hydrogen) atoms. The minimum atomic E-state index is -0.868. The van der Waals surface area contributed by atoms with Crippen LogP contribution in [0.2, 0.25) is 5.02 Å². The molecule has 0 aliphatic carbocycles. The van der Waals surface area contributed by atoms with Crippen molar-refractivity contribution in [1.82, 2.24) is 5.32 Å². The van der Waals surface area contributed by atoms with Crippen LogP contribution in [0.4, 0.5) is 4.39 Å². The lowest BCUT2D eigenvalue weighted by atomic mass is 10.0. The van der Waals surface area contributed by atoms with Crippen molar-refractivity contribution in [2.24, 2.45) is 5.73 Å². The van der Waals surface area contributed by atoms with Crippen LogP contribution >= 0.6 is 27.5 Å². The molecule has 0 radical (unpaired) electrons. The van der Waals surface area contributed by atoms with Crippen molar-refractivity contribution in [3.8, 4) is 0 Å². The molecule has 2 aromatic carbocycles. The zero-order valence-corrected chi connectivity index (χ0v) is 14.9. The Morgan fingerprint density at radius 3 is 2.50 bits per heavy atom. The molecule has 0 saturated carbocycles. The summed E-state index contributed by atoms with van der Waals surface area (Å²) in [4.78, 5) is 23.7. The minimum Gasteiger partial charge on any atom is -0.368 e. The summed E-state index contributed by atoms with van der Waals surface area (Å²) in [5.74, 6) is -1.39. The van der Waals surface area contributed by atoms with Crippen LogP contribution in [-0.2, 0) is 22.4 Å². The quantitative estimate of drug-likeness (QED) is 0.764. The lowest BCUT2D eigenvalue weighted by Crippen LogP contribution is -2.46. The van der Waals surface area contributed by atoms with Gasteiger partial charge in [-0.25, -0.2) is 4.39 Å². The third-order valence-electron chi connectivity index (χ3n) is 3.39. The van der Waals surface area contributed by atoms with E-state index in [1.165, 1.54) is 24.3 Å². The average Bonchev–Trinajstić information content (AvgIpc) is 2.52. The summed E-state index contributed by atoms with van der Waals surface area (Å²) in [5.41, 5.74) is 6.78. The first-order valence-electron chi connectivity index (χ1n) is 7.12. The summed E-state index contributed by atoms with van der Waals surface area (Å²) < 4.78 is 13.6. The van der Waals surface area contributed by atoms with Gasteiger partial charge in [0.15, 0.2) is 0 Å². The maximum absolute atomic E-state index is 12.9. The van der Waals surface area contributed by atoms with Gasteiger partial charge in [-0.2, -0.15) is 0 Å². The first-order valence-corrected chi connectivity index (χ1v) is 8.29. The van der Waals surface area contributed by atoms with Crippen LogP contribution in [0.3, 0.4) is 0 Å². The van der Waals surface area contributed by atoms with Gasteiger partial charge >= 0.3 is 0 Å². The molecule has 2 rings (SSSR count). The summed E-state index contributed by atoms with van der Waals surface area (Å²) in [6.07, 6.45) is 0.242. The smallest absolute Gasteiger partial charge is 0.240 e. The molecule has 0 aliphatic heterocycles. The second-order valence-electron chi connectivity index (χ2n) is 5.27. The number of benzene rings is 2. The predicted octanol–water partition coefficient (Wildman–Crippen LogP) is 3.00. The van der Waals surface area contributed by atoms with E-state index in [9.17, 15) is 14.0 Å². The standard InChI is InChI=1S/C17H15BrClFN2O2/c18-14-6-3-12(19)8-11(14)9-15(17(21)24)22-16(23)7-10-1-4-13(20)5-2-10/h1-6,8,15H,7,9H2,(H2,21,24)(H,22,23)/t15-/m1/s1. The number of carbonyl (C=O) groups is 2. The molecule has 0 bridgehead atoms. The average molecular weight is 414 g/mol. The van der Waals surface area contributed by atoms with E-state index in [2.05, 4.69) is 21.2 Å². The lowest BCUT2D eigenvalue weighted by Gasteiger charge is -2.16. The highest BCUT2D eigenvalue weighted by atomic mass is 79.9. The number of rotatable bonds is 6. The van der Waals surface area contributed by atoms with Gasteiger partial charge in [0.1, 0.15) is 11.9 Å². The van der Waals surface area contributed by atoms with Crippen LogP contribution in [0.15, 0.2) is 46.9 Å². The van der Waals surface area contributed by atoms with Crippen molar-refractivity contribution in [2.75, 3.05) is 0 Å². The van der Waals surface area contributed by atoms with E-state index in [1.807, 2.05) is 0 Å². The van der Waals surface area contributed by atoms with Gasteiger partial charge in [0.05, 0.1) is 6.42 Å². The second kappa shape index (κ2) is 8.26. The largest absolute Gasteiger partial charge is 0.368 e. The molecule has 0 heterocycles. The first kappa shape index (κ1) is 18.4. The highest BCUT2D eigenvalue weighted by Gasteiger charge is 2.20. The lowest BCUT2D eigenvalue weighted by molar-refractivity contribution is -0.127. The normalized spacial score (nSPS) is 11.8. The molecule has 3 N–H and O–H groups in total. The SMILES string of the molecule is NC(=O)[C@@H](Cc1cc(Cl)ccc1Br)NC(=O)Cc1ccc(F)cc1. The van der Waals surface area contributed by atoms with Crippen LogP contribution in [0.1, 0.15) is 11.1 Å². The highest BCUT2D eigenvalue weighted by molar-refractivity contribution is 9.10. The van der Waals surface area contributed by atoms with E-state index in [-0.39, 0.29) is 24.6 Å². The van der Waals surface area contributed by atoms with Crippen molar-refractivity contribution in [3.63, 3.8) is 0 Å². The van der Waals surface area contributed by atoms with Gasteiger partial charge in [-0.1, -0.05) is 39.7 Å². The zero-order valence-electron chi connectivity index (χ0n) is 12.6. The molecule has 7 heteroatoms. The molecular formula is C17H15BrClFN2O2. The van der Waals surface area contributed by atoms with Crippen molar-refractivity contribution in [2.45, 2.75) is 18.9 Å². The van der Waals surface area contributed by atoms with E-state index in [4.69, 9.17) is 17.3 Å². The number of carbonyl (C=O) groups excluding carboxylic acids is 2. The molecule has 0 aromatic heterocycles. The van der Waals surface area contributed by atoms with Gasteiger partial charge < -0.3 is 11.1 Å². The van der Waals surface area contributed by atoms with Crippen LogP contribution in [-0.4, -0.2) is 17.9 Å². The van der Waals surface area contributed by atoms with Crippen LogP contribution in [0, 0.1) is 5.82 Å². The molecule has 0 saturated heterocycles. The Morgan fingerprint density at radius 1 is 1.21 bits per heavy atom. The van der Waals surface area contributed by atoms with Crippen molar-refractivity contribution >= 4 is 39.3 Å². The van der Waals surface area contributed by atoms with E-state index in [0.29, 0.717) is 10.6 Å². The molecule has 0 unspecified atom stereocenters. The number of amides is 2. The van der Waals surface area contributed by atoms with E-state index < -0.39 is 11.9 Å². The fourth-order valence-electron chi connectivity index (χ4n) is 2.18. The second-order valence-corrected chi connectivity index (χ2v) is 6.56. The molecule has 126 valence electrons. The fraction of sp³-hybridized carbons (Fsp3) is 0.176. The molecule has 1 atom stereocenters. The third kappa shape index (κ3) is 5.32. The van der Waals surface area contributed by atoms with Gasteiger partial charge in [0.25, 0.3) is 0 Å². The highest BCUT2D eigenvalue weighted by Crippen LogP contribution is 2.22. The van der Waals surface area contributed by atoms with Gasteiger partial charge in [0.2, 0.25) is 11.8 Å². The maximum Gasteiger partial charge on any atom is 0.240 e. The molecule has 0 fully saturated rings. The molecule has 0 aliphatic rings. The Kier molecular flexibility index (Phi) is 6.34. The van der Waals surface area contributed by atoms with Gasteiger partial charge in [-0.15, -0.1) is 0 Å².